The average Bonchev–Trinajstić information content (AvgIpc) is 3.52. The van der Waals surface area contributed by atoms with Crippen molar-refractivity contribution in [3.63, 3.8) is 0 Å². The van der Waals surface area contributed by atoms with E-state index in [0.29, 0.717) is 24.6 Å². The molecule has 1 aliphatic carbocycles. The lowest BCUT2D eigenvalue weighted by Crippen LogP contribution is -2.38. The highest BCUT2D eigenvalue weighted by molar-refractivity contribution is 7.15. The fourth-order valence-corrected chi connectivity index (χ4v) is 6.99. The summed E-state index contributed by atoms with van der Waals surface area (Å²) in [5.41, 5.74) is 5.46. The van der Waals surface area contributed by atoms with Crippen molar-refractivity contribution in [3.05, 3.63) is 94.1 Å². The average molecular weight is 514 g/mol. The molecule has 2 aromatic carbocycles. The molecule has 0 saturated carbocycles. The maximum absolute atomic E-state index is 14.2. The Kier molecular flexibility index (Phi) is 6.38. The highest BCUT2D eigenvalue weighted by atomic mass is 32.1. The van der Waals surface area contributed by atoms with E-state index in [1.807, 2.05) is 65.6 Å². The van der Waals surface area contributed by atoms with Crippen molar-refractivity contribution in [2.24, 2.45) is 0 Å². The number of rotatable bonds is 5. The van der Waals surface area contributed by atoms with Crippen molar-refractivity contribution in [1.82, 2.24) is 9.47 Å². The molecule has 2 aromatic heterocycles. The molecule has 6 rings (SSSR count). The fraction of sp³-hybridized carbons (Fsp3) is 0.300. The normalized spacial score (nSPS) is 16.3. The molecule has 190 valence electrons. The van der Waals surface area contributed by atoms with Crippen molar-refractivity contribution in [2.75, 3.05) is 19.0 Å². The SMILES string of the molecule is CCOc1ccccc1NC(=O)N1Cc2c(sc3c2CCCC3)-n2cccc2[C@H]1c1cccc(OC)c1. The summed E-state index contributed by atoms with van der Waals surface area (Å²) in [6, 6.07) is 19.4. The van der Waals surface area contributed by atoms with Crippen molar-refractivity contribution in [1.29, 1.82) is 0 Å². The number of ether oxygens (including phenoxy) is 2. The lowest BCUT2D eigenvalue weighted by atomic mass is 9.95. The largest absolute Gasteiger partial charge is 0.497 e. The number of carbonyl (C=O) groups excluding carboxylic acids is 1. The first-order chi connectivity index (χ1) is 18.2. The highest BCUT2D eigenvalue weighted by Crippen LogP contribution is 2.44. The summed E-state index contributed by atoms with van der Waals surface area (Å²) < 4.78 is 13.7. The molecule has 3 heterocycles. The summed E-state index contributed by atoms with van der Waals surface area (Å²) >= 11 is 1.89. The van der Waals surface area contributed by atoms with Crippen LogP contribution in [0.1, 0.15) is 53.1 Å². The molecule has 6 nitrogen and oxygen atoms in total. The van der Waals surface area contributed by atoms with E-state index in [9.17, 15) is 4.79 Å². The van der Waals surface area contributed by atoms with Crippen LogP contribution in [0.3, 0.4) is 0 Å². The van der Waals surface area contributed by atoms with Gasteiger partial charge in [0, 0.05) is 16.6 Å². The smallest absolute Gasteiger partial charge is 0.323 e. The number of methoxy groups -OCH3 is 1. The van der Waals surface area contributed by atoms with Gasteiger partial charge in [0.25, 0.3) is 0 Å². The number of thiophene rings is 1. The van der Waals surface area contributed by atoms with Crippen LogP contribution in [0.5, 0.6) is 11.5 Å². The number of carbonyl (C=O) groups is 1. The van der Waals surface area contributed by atoms with Crippen molar-refractivity contribution in [3.8, 4) is 16.5 Å². The quantitative estimate of drug-likeness (QED) is 0.314. The van der Waals surface area contributed by atoms with Gasteiger partial charge in [-0.1, -0.05) is 24.3 Å². The molecule has 7 heteroatoms. The van der Waals surface area contributed by atoms with Gasteiger partial charge in [0.1, 0.15) is 16.5 Å². The number of hydrogen-bond donors (Lipinski definition) is 1. The number of aromatic nitrogens is 1. The van der Waals surface area contributed by atoms with Gasteiger partial charge in [0.2, 0.25) is 0 Å². The minimum absolute atomic E-state index is 0.156. The number of urea groups is 1. The first kappa shape index (κ1) is 23.7. The second-order valence-corrected chi connectivity index (χ2v) is 10.5. The molecule has 0 saturated heterocycles. The number of fused-ring (bicyclic) bond motifs is 5. The standard InChI is InChI=1S/C30H31N3O3S/c1-3-36-26-15-6-5-13-24(26)31-30(34)33-19-23-22-12-4-7-16-27(22)37-29(23)32-17-9-14-25(32)28(33)20-10-8-11-21(18-20)35-2/h5-6,8-11,13-15,17-18,28H,3-4,7,12,16,19H2,1-2H3,(H,31,34)/t28-/m1/s1. The number of hydrogen-bond acceptors (Lipinski definition) is 4. The Labute approximate surface area is 221 Å². The molecule has 1 N–H and O–H groups in total. The Morgan fingerprint density at radius 1 is 1.05 bits per heavy atom. The molecule has 2 amide bonds. The van der Waals surface area contributed by atoms with E-state index in [4.69, 9.17) is 9.47 Å². The summed E-state index contributed by atoms with van der Waals surface area (Å²) in [5.74, 6) is 1.44. The Bertz CT molecular complexity index is 1440. The summed E-state index contributed by atoms with van der Waals surface area (Å²) in [5, 5.41) is 4.41. The topological polar surface area (TPSA) is 55.7 Å². The van der Waals surface area contributed by atoms with Crippen LogP contribution in [0.4, 0.5) is 10.5 Å². The number of para-hydroxylation sites is 2. The maximum Gasteiger partial charge on any atom is 0.323 e. The Balaban J connectivity index is 1.49. The Hall–Kier alpha value is -3.71. The number of amides is 2. The van der Waals surface area contributed by atoms with E-state index < -0.39 is 0 Å². The van der Waals surface area contributed by atoms with Gasteiger partial charge >= 0.3 is 6.03 Å². The maximum atomic E-state index is 14.2. The van der Waals surface area contributed by atoms with Gasteiger partial charge in [-0.05, 0) is 80.1 Å². The number of anilines is 1. The van der Waals surface area contributed by atoms with Crippen LogP contribution in [0.15, 0.2) is 66.9 Å². The molecular formula is C30H31N3O3S. The van der Waals surface area contributed by atoms with E-state index in [0.717, 1.165) is 29.8 Å². The second kappa shape index (κ2) is 9.98. The second-order valence-electron chi connectivity index (χ2n) is 9.46. The highest BCUT2D eigenvalue weighted by Gasteiger charge is 2.36. The first-order valence-corrected chi connectivity index (χ1v) is 13.7. The molecule has 0 radical (unpaired) electrons. The van der Waals surface area contributed by atoms with Crippen LogP contribution < -0.4 is 14.8 Å². The fourth-order valence-electron chi connectivity index (χ4n) is 5.59. The van der Waals surface area contributed by atoms with Crippen molar-refractivity contribution < 1.29 is 14.3 Å². The minimum Gasteiger partial charge on any atom is -0.497 e. The molecule has 4 aromatic rings. The van der Waals surface area contributed by atoms with E-state index >= 15 is 0 Å². The number of benzene rings is 2. The zero-order valence-electron chi connectivity index (χ0n) is 21.2. The summed E-state index contributed by atoms with van der Waals surface area (Å²) in [4.78, 5) is 17.6. The van der Waals surface area contributed by atoms with Crippen LogP contribution in [0, 0.1) is 0 Å². The van der Waals surface area contributed by atoms with Gasteiger partial charge in [-0.3, -0.25) is 0 Å². The third-order valence-electron chi connectivity index (χ3n) is 7.28. The molecule has 0 fully saturated rings. The molecule has 37 heavy (non-hydrogen) atoms. The monoisotopic (exact) mass is 513 g/mol. The van der Waals surface area contributed by atoms with Crippen LogP contribution in [-0.4, -0.2) is 29.2 Å². The summed E-state index contributed by atoms with van der Waals surface area (Å²) in [6.45, 7) is 3.01. The van der Waals surface area contributed by atoms with Crippen molar-refractivity contribution in [2.45, 2.75) is 45.2 Å². The molecule has 1 aliphatic heterocycles. The number of nitrogens with zero attached hydrogens (tertiary/aromatic N) is 2. The zero-order valence-corrected chi connectivity index (χ0v) is 22.0. The third kappa shape index (κ3) is 4.27. The van der Waals surface area contributed by atoms with Gasteiger partial charge in [-0.25, -0.2) is 4.79 Å². The Morgan fingerprint density at radius 3 is 2.78 bits per heavy atom. The summed E-state index contributed by atoms with van der Waals surface area (Å²) in [7, 11) is 1.67. The van der Waals surface area contributed by atoms with E-state index in [2.05, 4.69) is 34.3 Å². The Morgan fingerprint density at radius 2 is 1.92 bits per heavy atom. The lowest BCUT2D eigenvalue weighted by Gasteiger charge is -2.31. The third-order valence-corrected chi connectivity index (χ3v) is 8.61. The van der Waals surface area contributed by atoms with Gasteiger partial charge in [0.05, 0.1) is 37.7 Å². The van der Waals surface area contributed by atoms with Crippen LogP contribution in [0.25, 0.3) is 5.00 Å². The van der Waals surface area contributed by atoms with E-state index in [1.54, 1.807) is 7.11 Å². The first-order valence-electron chi connectivity index (χ1n) is 12.9. The predicted molar refractivity (Wildman–Crippen MR) is 147 cm³/mol. The molecule has 0 bridgehead atoms. The van der Waals surface area contributed by atoms with E-state index in [-0.39, 0.29) is 12.1 Å². The van der Waals surface area contributed by atoms with Crippen LogP contribution in [0.2, 0.25) is 0 Å². The predicted octanol–water partition coefficient (Wildman–Crippen LogP) is 6.96. The van der Waals surface area contributed by atoms with Crippen molar-refractivity contribution >= 4 is 23.1 Å². The number of nitrogens with one attached hydrogen (secondary N) is 1. The number of aryl methyl sites for hydroxylation is 1. The summed E-state index contributed by atoms with van der Waals surface area (Å²) in [6.07, 6.45) is 6.76. The van der Waals surface area contributed by atoms with Gasteiger partial charge in [0.15, 0.2) is 0 Å². The van der Waals surface area contributed by atoms with E-state index in [1.165, 1.54) is 33.8 Å². The lowest BCUT2D eigenvalue weighted by molar-refractivity contribution is 0.194. The molecule has 2 aliphatic rings. The van der Waals surface area contributed by atoms with Gasteiger partial charge in [-0.15, -0.1) is 11.3 Å². The molecule has 0 spiro atoms. The van der Waals surface area contributed by atoms with Gasteiger partial charge < -0.3 is 24.3 Å². The molecule has 0 unspecified atom stereocenters. The minimum atomic E-state index is -0.289. The van der Waals surface area contributed by atoms with Crippen LogP contribution >= 0.6 is 11.3 Å². The molecule has 1 atom stereocenters. The van der Waals surface area contributed by atoms with Gasteiger partial charge in [-0.2, -0.15) is 0 Å². The zero-order chi connectivity index (χ0) is 25.4. The molecular weight excluding hydrogens is 482 g/mol. The van der Waals surface area contributed by atoms with Crippen LogP contribution in [-0.2, 0) is 19.4 Å².